The van der Waals surface area contributed by atoms with Crippen LogP contribution < -0.4 is 10.1 Å². The van der Waals surface area contributed by atoms with Crippen LogP contribution in [0, 0.1) is 10.8 Å². The van der Waals surface area contributed by atoms with Crippen LogP contribution in [0.4, 0.5) is 0 Å². The molecule has 1 atom stereocenters. The second-order valence-corrected chi connectivity index (χ2v) is 8.22. The molecule has 1 saturated carbocycles. The number of carbonyl (C=O) groups is 2. The van der Waals surface area contributed by atoms with Gasteiger partial charge in [-0.25, -0.2) is 4.79 Å². The Kier molecular flexibility index (Phi) is 5.42. The van der Waals surface area contributed by atoms with E-state index in [1.165, 1.54) is 7.11 Å². The topological polar surface area (TPSA) is 64.6 Å². The molecule has 1 amide bonds. The van der Waals surface area contributed by atoms with Crippen LogP contribution in [-0.2, 0) is 14.3 Å². The molecule has 5 heteroatoms. The summed E-state index contributed by atoms with van der Waals surface area (Å²) in [6.07, 6.45) is 3.60. The van der Waals surface area contributed by atoms with Gasteiger partial charge in [-0.15, -0.1) is 0 Å². The van der Waals surface area contributed by atoms with Crippen molar-refractivity contribution in [3.05, 3.63) is 29.8 Å². The van der Waals surface area contributed by atoms with Crippen LogP contribution in [0.5, 0.6) is 5.75 Å². The van der Waals surface area contributed by atoms with Crippen LogP contribution >= 0.6 is 0 Å². The van der Waals surface area contributed by atoms with Crippen molar-refractivity contribution in [1.29, 1.82) is 0 Å². The fourth-order valence-electron chi connectivity index (χ4n) is 2.91. The Morgan fingerprint density at radius 2 is 1.81 bits per heavy atom. The number of hydrogen-bond acceptors (Lipinski definition) is 4. The minimum absolute atomic E-state index is 0.270. The molecule has 0 aliphatic heterocycles. The standard InChI is InChI=1S/C21H31NO4/c1-20(2,3)19(24)22-17(18(23)25-5)15-8-10-16(11-9-15)26-14-21(4)12-6-7-13-21/h8-11,17H,6-7,12-14H2,1-5H3,(H,22,24)/i14D2. The molecule has 1 aliphatic carbocycles. The molecule has 1 aromatic rings. The molecule has 1 N–H and O–H groups in total. The third-order valence-corrected chi connectivity index (χ3v) is 4.73. The Balaban J connectivity index is 2.18. The highest BCUT2D eigenvalue weighted by Gasteiger charge is 2.30. The molecule has 0 saturated heterocycles. The van der Waals surface area contributed by atoms with Gasteiger partial charge in [0.2, 0.25) is 5.91 Å². The zero-order valence-corrected chi connectivity index (χ0v) is 16.3. The first-order chi connectivity index (χ1) is 12.9. The van der Waals surface area contributed by atoms with Gasteiger partial charge in [0.1, 0.15) is 5.75 Å². The van der Waals surface area contributed by atoms with E-state index in [1.54, 1.807) is 45.0 Å². The summed E-state index contributed by atoms with van der Waals surface area (Å²) in [4.78, 5) is 24.5. The average molecular weight is 363 g/mol. The summed E-state index contributed by atoms with van der Waals surface area (Å²) in [5.41, 5.74) is -0.618. The van der Waals surface area contributed by atoms with Gasteiger partial charge in [0.05, 0.1) is 16.4 Å². The van der Waals surface area contributed by atoms with E-state index in [-0.39, 0.29) is 5.91 Å². The first-order valence-electron chi connectivity index (χ1n) is 10.1. The van der Waals surface area contributed by atoms with Gasteiger partial charge in [-0.1, -0.05) is 52.7 Å². The lowest BCUT2D eigenvalue weighted by molar-refractivity contribution is -0.146. The Bertz CT molecular complexity index is 704. The highest BCUT2D eigenvalue weighted by atomic mass is 16.5. The third kappa shape index (κ3) is 5.23. The second-order valence-electron chi connectivity index (χ2n) is 8.22. The summed E-state index contributed by atoms with van der Waals surface area (Å²) >= 11 is 0. The number of amides is 1. The van der Waals surface area contributed by atoms with E-state index in [0.717, 1.165) is 25.7 Å². The lowest BCUT2D eigenvalue weighted by atomic mass is 9.90. The highest BCUT2D eigenvalue weighted by Crippen LogP contribution is 2.37. The Morgan fingerprint density at radius 1 is 1.23 bits per heavy atom. The minimum atomic E-state index is -1.78. The van der Waals surface area contributed by atoms with Gasteiger partial charge >= 0.3 is 5.97 Å². The van der Waals surface area contributed by atoms with Gasteiger partial charge in [-0.3, -0.25) is 4.79 Å². The maximum atomic E-state index is 12.3. The van der Waals surface area contributed by atoms with Gasteiger partial charge in [-0.2, -0.15) is 0 Å². The van der Waals surface area contributed by atoms with Gasteiger partial charge < -0.3 is 14.8 Å². The van der Waals surface area contributed by atoms with Gasteiger partial charge in [0, 0.05) is 10.8 Å². The maximum absolute atomic E-state index is 12.3. The molecule has 1 aromatic carbocycles. The molecular formula is C21H31NO4. The van der Waals surface area contributed by atoms with Crippen molar-refractivity contribution >= 4 is 11.9 Å². The monoisotopic (exact) mass is 363 g/mol. The zero-order valence-electron chi connectivity index (χ0n) is 18.3. The summed E-state index contributed by atoms with van der Waals surface area (Å²) in [7, 11) is 1.27. The van der Waals surface area contributed by atoms with Gasteiger partial charge in [-0.05, 0) is 30.5 Å². The predicted octanol–water partition coefficient (Wildman–Crippen LogP) is 4.02. The van der Waals surface area contributed by atoms with Gasteiger partial charge in [0.25, 0.3) is 0 Å². The number of hydrogen-bond donors (Lipinski definition) is 1. The van der Waals surface area contributed by atoms with Gasteiger partial charge in [0.15, 0.2) is 6.04 Å². The van der Waals surface area contributed by atoms with Crippen LogP contribution in [0.3, 0.4) is 0 Å². The number of rotatable bonds is 6. The van der Waals surface area contributed by atoms with Crippen LogP contribution in [0.2, 0.25) is 0 Å². The molecule has 2 rings (SSSR count). The minimum Gasteiger partial charge on any atom is -0.493 e. The SMILES string of the molecule is [2H]C([2H])(Oc1ccc(C(NC(=O)C(C)(C)C)C(=O)OC)cc1)C1(C)CCCC1. The Labute approximate surface area is 159 Å². The lowest BCUT2D eigenvalue weighted by Gasteiger charge is -2.24. The fraction of sp³-hybridized carbons (Fsp3) is 0.619. The lowest BCUT2D eigenvalue weighted by Crippen LogP contribution is -2.40. The molecule has 0 heterocycles. The molecule has 1 aliphatic rings. The molecule has 1 unspecified atom stereocenters. The van der Waals surface area contributed by atoms with E-state index in [1.807, 2.05) is 6.92 Å². The number of nitrogens with one attached hydrogen (secondary N) is 1. The highest BCUT2D eigenvalue weighted by molar-refractivity contribution is 5.88. The van der Waals surface area contributed by atoms with Crippen LogP contribution in [-0.4, -0.2) is 25.5 Å². The summed E-state index contributed by atoms with van der Waals surface area (Å²) in [6.45, 7) is 5.43. The normalized spacial score (nSPS) is 19.1. The largest absolute Gasteiger partial charge is 0.493 e. The number of esters is 1. The van der Waals surface area contributed by atoms with Crippen molar-refractivity contribution in [1.82, 2.24) is 5.32 Å². The van der Waals surface area contributed by atoms with Crippen LogP contribution in [0.25, 0.3) is 0 Å². The Morgan fingerprint density at radius 3 is 2.31 bits per heavy atom. The molecule has 5 nitrogen and oxygen atoms in total. The van der Waals surface area contributed by atoms with Crippen molar-refractivity contribution in [3.63, 3.8) is 0 Å². The maximum Gasteiger partial charge on any atom is 0.333 e. The van der Waals surface area contributed by atoms with Crippen LogP contribution in [0.1, 0.15) is 67.7 Å². The zero-order chi connectivity index (χ0) is 21.2. The smallest absolute Gasteiger partial charge is 0.333 e. The molecule has 144 valence electrons. The molecule has 0 spiro atoms. The van der Waals surface area contributed by atoms with Crippen molar-refractivity contribution in [2.24, 2.45) is 10.8 Å². The van der Waals surface area contributed by atoms with Crippen LogP contribution in [0.15, 0.2) is 24.3 Å². The molecule has 0 bridgehead atoms. The fourth-order valence-corrected chi connectivity index (χ4v) is 2.91. The first-order valence-corrected chi connectivity index (χ1v) is 9.07. The molecule has 0 radical (unpaired) electrons. The number of ether oxygens (including phenoxy) is 2. The number of carbonyl (C=O) groups excluding carboxylic acids is 2. The third-order valence-electron chi connectivity index (χ3n) is 4.73. The summed E-state index contributed by atoms with van der Waals surface area (Å²) in [5, 5.41) is 2.71. The van der Waals surface area contributed by atoms with Crippen molar-refractivity contribution in [2.45, 2.75) is 59.4 Å². The molecule has 0 aromatic heterocycles. The van der Waals surface area contributed by atoms with E-state index in [0.29, 0.717) is 11.3 Å². The average Bonchev–Trinajstić information content (AvgIpc) is 3.07. The van der Waals surface area contributed by atoms with Crippen molar-refractivity contribution in [2.75, 3.05) is 13.7 Å². The molecule has 1 fully saturated rings. The van der Waals surface area contributed by atoms with E-state index in [9.17, 15) is 9.59 Å². The quantitative estimate of drug-likeness (QED) is 0.775. The van der Waals surface area contributed by atoms with Crippen molar-refractivity contribution < 1.29 is 21.8 Å². The summed E-state index contributed by atoms with van der Waals surface area (Å²) in [6, 6.07) is 5.59. The first kappa shape index (κ1) is 17.4. The number of benzene rings is 1. The summed E-state index contributed by atoms with van der Waals surface area (Å²) < 4.78 is 27.2. The summed E-state index contributed by atoms with van der Waals surface area (Å²) in [5.74, 6) is -0.457. The van der Waals surface area contributed by atoms with E-state index in [4.69, 9.17) is 12.2 Å². The molecule has 26 heavy (non-hydrogen) atoms. The van der Waals surface area contributed by atoms with Crippen molar-refractivity contribution in [3.8, 4) is 5.75 Å². The van der Waals surface area contributed by atoms with E-state index >= 15 is 0 Å². The van der Waals surface area contributed by atoms with E-state index < -0.39 is 29.4 Å². The Hall–Kier alpha value is -2.04. The van der Waals surface area contributed by atoms with E-state index in [2.05, 4.69) is 5.32 Å². The number of methoxy groups -OCH3 is 1. The molecular weight excluding hydrogens is 330 g/mol. The predicted molar refractivity (Wildman–Crippen MR) is 101 cm³/mol. The second kappa shape index (κ2) is 8.11.